The van der Waals surface area contributed by atoms with Gasteiger partial charge in [-0.3, -0.25) is 4.79 Å². The van der Waals surface area contributed by atoms with Gasteiger partial charge in [-0.2, -0.15) is 0 Å². The first-order valence-corrected chi connectivity index (χ1v) is 7.82. The highest BCUT2D eigenvalue weighted by atomic mass is 16.5. The van der Waals surface area contributed by atoms with Gasteiger partial charge in [0.1, 0.15) is 0 Å². The molecule has 0 aromatic heterocycles. The Hall–Kier alpha value is -1.88. The van der Waals surface area contributed by atoms with Crippen molar-refractivity contribution in [3.8, 4) is 0 Å². The van der Waals surface area contributed by atoms with Gasteiger partial charge in [0, 0.05) is 11.6 Å². The Morgan fingerprint density at radius 1 is 1.41 bits per heavy atom. The Morgan fingerprint density at radius 3 is 2.86 bits per heavy atom. The van der Waals surface area contributed by atoms with Crippen LogP contribution in [-0.4, -0.2) is 38.6 Å². The molecule has 1 saturated heterocycles. The number of anilines is 1. The Morgan fingerprint density at radius 2 is 2.18 bits per heavy atom. The average molecular weight is 305 g/mol. The molecular formula is C17H25N2O3+. The number of ether oxygens (including phenoxy) is 1. The van der Waals surface area contributed by atoms with Gasteiger partial charge in [0.25, 0.3) is 5.91 Å². The smallest absolute Gasteiger partial charge is 0.337 e. The number of carbonyl (C=O) groups excluding carboxylic acids is 2. The fourth-order valence-corrected chi connectivity index (χ4v) is 2.98. The number of aryl methyl sites for hydroxylation is 1. The van der Waals surface area contributed by atoms with Gasteiger partial charge < -0.3 is 15.0 Å². The molecule has 0 aliphatic carbocycles. The lowest BCUT2D eigenvalue weighted by molar-refractivity contribution is -0.900. The number of quaternary nitrogens is 1. The average Bonchev–Trinajstić information content (AvgIpc) is 2.48. The van der Waals surface area contributed by atoms with Crippen molar-refractivity contribution < 1.29 is 19.2 Å². The third-order valence-electron chi connectivity index (χ3n) is 4.21. The summed E-state index contributed by atoms with van der Waals surface area (Å²) in [4.78, 5) is 25.2. The molecule has 0 radical (unpaired) electrons. The summed E-state index contributed by atoms with van der Waals surface area (Å²) in [5, 5.41) is 2.92. The summed E-state index contributed by atoms with van der Waals surface area (Å²) in [6.45, 7) is 6.73. The van der Waals surface area contributed by atoms with Gasteiger partial charge in [0.15, 0.2) is 6.54 Å². The number of hydrogen-bond donors (Lipinski definition) is 2. The van der Waals surface area contributed by atoms with Gasteiger partial charge >= 0.3 is 5.97 Å². The molecule has 5 heteroatoms. The number of nitrogens with one attached hydrogen (secondary N) is 2. The molecule has 22 heavy (non-hydrogen) atoms. The number of carbonyl (C=O) groups is 2. The third kappa shape index (κ3) is 4.31. The number of piperidine rings is 1. The van der Waals surface area contributed by atoms with E-state index in [1.165, 1.54) is 24.9 Å². The first-order valence-electron chi connectivity index (χ1n) is 7.82. The highest BCUT2D eigenvalue weighted by Gasteiger charge is 2.22. The fourth-order valence-electron chi connectivity index (χ4n) is 2.98. The van der Waals surface area contributed by atoms with E-state index in [0.29, 0.717) is 23.7 Å². The molecule has 120 valence electrons. The van der Waals surface area contributed by atoms with Crippen molar-refractivity contribution in [2.45, 2.75) is 26.7 Å². The van der Waals surface area contributed by atoms with Crippen LogP contribution in [0.1, 0.15) is 35.7 Å². The van der Waals surface area contributed by atoms with E-state index in [1.807, 2.05) is 13.0 Å². The maximum atomic E-state index is 12.2. The molecule has 5 nitrogen and oxygen atoms in total. The SMILES string of the molecule is COC(=O)c1ccc(C)c(NC(=O)C[NH+]2CCC[C@H](C)C2)c1. The van der Waals surface area contributed by atoms with E-state index >= 15 is 0 Å². The number of amides is 1. The Kier molecular flexibility index (Phi) is 5.55. The third-order valence-corrected chi connectivity index (χ3v) is 4.21. The van der Waals surface area contributed by atoms with Crippen molar-refractivity contribution in [2.75, 3.05) is 32.1 Å². The Balaban J connectivity index is 2.00. The van der Waals surface area contributed by atoms with Crippen molar-refractivity contribution >= 4 is 17.6 Å². The first-order chi connectivity index (χ1) is 10.5. The molecule has 2 N–H and O–H groups in total. The van der Waals surface area contributed by atoms with Gasteiger partial charge in [-0.05, 0) is 37.5 Å². The molecule has 1 amide bonds. The summed E-state index contributed by atoms with van der Waals surface area (Å²) >= 11 is 0. The van der Waals surface area contributed by atoms with Crippen molar-refractivity contribution in [2.24, 2.45) is 5.92 Å². The Labute approximate surface area is 131 Å². The quantitative estimate of drug-likeness (QED) is 0.817. The van der Waals surface area contributed by atoms with Crippen molar-refractivity contribution in [1.29, 1.82) is 0 Å². The normalized spacial score (nSPS) is 21.2. The molecule has 1 fully saturated rings. The number of rotatable bonds is 4. The predicted molar refractivity (Wildman–Crippen MR) is 85.1 cm³/mol. The van der Waals surface area contributed by atoms with Crippen LogP contribution < -0.4 is 10.2 Å². The molecule has 0 bridgehead atoms. The van der Waals surface area contributed by atoms with Crippen LogP contribution in [-0.2, 0) is 9.53 Å². The minimum Gasteiger partial charge on any atom is -0.465 e. The molecule has 2 rings (SSSR count). The molecule has 1 unspecified atom stereocenters. The first kappa shape index (κ1) is 16.5. The standard InChI is InChI=1S/C17H24N2O3/c1-12-5-4-8-19(10-12)11-16(20)18-15-9-14(17(21)22-3)7-6-13(15)2/h6-7,9,12H,4-5,8,10-11H2,1-3H3,(H,18,20)/p+1/t12-/m0/s1. The molecular weight excluding hydrogens is 280 g/mol. The zero-order valence-corrected chi connectivity index (χ0v) is 13.6. The number of hydrogen-bond acceptors (Lipinski definition) is 3. The number of benzene rings is 1. The maximum absolute atomic E-state index is 12.2. The van der Waals surface area contributed by atoms with E-state index < -0.39 is 5.97 Å². The lowest BCUT2D eigenvalue weighted by Gasteiger charge is -2.27. The molecule has 1 aromatic carbocycles. The van der Waals surface area contributed by atoms with Crippen LogP contribution in [0.4, 0.5) is 5.69 Å². The Bertz CT molecular complexity index is 557. The lowest BCUT2D eigenvalue weighted by Crippen LogP contribution is -3.14. The number of likely N-dealkylation sites (tertiary alicyclic amines) is 1. The summed E-state index contributed by atoms with van der Waals surface area (Å²) in [6, 6.07) is 5.19. The summed E-state index contributed by atoms with van der Waals surface area (Å²) in [6.07, 6.45) is 2.44. The maximum Gasteiger partial charge on any atom is 0.337 e. The largest absolute Gasteiger partial charge is 0.465 e. The number of methoxy groups -OCH3 is 1. The molecule has 1 heterocycles. The van der Waals surface area contributed by atoms with E-state index in [0.717, 1.165) is 18.7 Å². The van der Waals surface area contributed by atoms with Crippen molar-refractivity contribution in [3.63, 3.8) is 0 Å². The molecule has 1 aliphatic rings. The van der Waals surface area contributed by atoms with Crippen LogP contribution >= 0.6 is 0 Å². The predicted octanol–water partition coefficient (Wildman–Crippen LogP) is 1.03. The highest BCUT2D eigenvalue weighted by molar-refractivity contribution is 5.95. The minimum atomic E-state index is -0.397. The van der Waals surface area contributed by atoms with Gasteiger partial charge in [0.2, 0.25) is 0 Å². The van der Waals surface area contributed by atoms with E-state index in [9.17, 15) is 9.59 Å². The minimum absolute atomic E-state index is 0.00536. The van der Waals surface area contributed by atoms with Gasteiger partial charge in [0.05, 0.1) is 25.8 Å². The summed E-state index contributed by atoms with van der Waals surface area (Å²) in [5.41, 5.74) is 2.06. The molecule has 0 spiro atoms. The summed E-state index contributed by atoms with van der Waals surface area (Å²) < 4.78 is 4.71. The summed E-state index contributed by atoms with van der Waals surface area (Å²) in [5.74, 6) is 0.279. The van der Waals surface area contributed by atoms with Crippen LogP contribution in [0.5, 0.6) is 0 Å². The van der Waals surface area contributed by atoms with Gasteiger partial charge in [-0.25, -0.2) is 4.79 Å². The fraction of sp³-hybridized carbons (Fsp3) is 0.529. The number of esters is 1. The molecule has 1 aromatic rings. The summed E-state index contributed by atoms with van der Waals surface area (Å²) in [7, 11) is 1.35. The molecule has 1 aliphatic heterocycles. The van der Waals surface area contributed by atoms with Crippen LogP contribution in [0.2, 0.25) is 0 Å². The zero-order chi connectivity index (χ0) is 16.1. The van der Waals surface area contributed by atoms with Crippen LogP contribution in [0.25, 0.3) is 0 Å². The molecule has 0 saturated carbocycles. The zero-order valence-electron chi connectivity index (χ0n) is 13.6. The second kappa shape index (κ2) is 7.40. The van der Waals surface area contributed by atoms with Crippen molar-refractivity contribution in [3.05, 3.63) is 29.3 Å². The van der Waals surface area contributed by atoms with E-state index in [1.54, 1.807) is 12.1 Å². The lowest BCUT2D eigenvalue weighted by atomic mass is 10.0. The van der Waals surface area contributed by atoms with E-state index in [2.05, 4.69) is 12.2 Å². The van der Waals surface area contributed by atoms with Crippen LogP contribution in [0, 0.1) is 12.8 Å². The van der Waals surface area contributed by atoms with Crippen LogP contribution in [0.15, 0.2) is 18.2 Å². The van der Waals surface area contributed by atoms with Gasteiger partial charge in [-0.15, -0.1) is 0 Å². The van der Waals surface area contributed by atoms with Crippen molar-refractivity contribution in [1.82, 2.24) is 0 Å². The monoisotopic (exact) mass is 305 g/mol. The highest BCUT2D eigenvalue weighted by Crippen LogP contribution is 2.17. The van der Waals surface area contributed by atoms with Gasteiger partial charge in [-0.1, -0.05) is 13.0 Å². The van der Waals surface area contributed by atoms with Crippen LogP contribution in [0.3, 0.4) is 0 Å². The second-order valence-corrected chi connectivity index (χ2v) is 6.20. The van der Waals surface area contributed by atoms with E-state index in [4.69, 9.17) is 4.74 Å². The molecule has 2 atom stereocenters. The second-order valence-electron chi connectivity index (χ2n) is 6.20. The topological polar surface area (TPSA) is 59.8 Å². The van der Waals surface area contributed by atoms with E-state index in [-0.39, 0.29) is 5.91 Å².